The van der Waals surface area contributed by atoms with Crippen molar-refractivity contribution in [2.75, 3.05) is 45.7 Å². The number of alkyl halides is 3. The molecule has 0 fully saturated rings. The first-order valence-corrected chi connectivity index (χ1v) is 13.4. The summed E-state index contributed by atoms with van der Waals surface area (Å²) in [4.78, 5) is 54.1. The molecule has 11 nitrogen and oxygen atoms in total. The van der Waals surface area contributed by atoms with Crippen molar-refractivity contribution >= 4 is 29.3 Å². The topological polar surface area (TPSA) is 126 Å². The third-order valence-corrected chi connectivity index (χ3v) is 6.78. The molecule has 0 aliphatic carbocycles. The Bertz CT molecular complexity index is 1550. The van der Waals surface area contributed by atoms with Gasteiger partial charge in [0.2, 0.25) is 5.91 Å². The van der Waals surface area contributed by atoms with Gasteiger partial charge in [-0.1, -0.05) is 6.92 Å². The van der Waals surface area contributed by atoms with Gasteiger partial charge in [0.15, 0.2) is 5.69 Å². The van der Waals surface area contributed by atoms with Crippen LogP contribution in [0.3, 0.4) is 0 Å². The maximum Gasteiger partial charge on any atom is 0.435 e. The van der Waals surface area contributed by atoms with E-state index < -0.39 is 29.6 Å². The van der Waals surface area contributed by atoms with Gasteiger partial charge in [0.05, 0.1) is 24.9 Å². The van der Waals surface area contributed by atoms with Crippen LogP contribution in [0.1, 0.15) is 55.8 Å². The number of aromatic nitrogens is 2. The quantitative estimate of drug-likeness (QED) is 0.389. The van der Waals surface area contributed by atoms with Crippen molar-refractivity contribution in [1.82, 2.24) is 25.3 Å². The molecule has 0 saturated heterocycles. The molecule has 2 N–H and O–H groups in total. The van der Waals surface area contributed by atoms with Crippen LogP contribution in [0.4, 0.5) is 18.9 Å². The number of amides is 4. The van der Waals surface area contributed by atoms with Crippen molar-refractivity contribution in [3.8, 4) is 11.4 Å². The Morgan fingerprint density at radius 1 is 1.07 bits per heavy atom. The molecule has 1 aromatic heterocycles. The molecular weight excluding hydrogens is 569 g/mol. The molecule has 4 amide bonds. The molecule has 1 aliphatic heterocycles. The van der Waals surface area contributed by atoms with Gasteiger partial charge in [0, 0.05) is 44.0 Å². The molecule has 0 saturated carbocycles. The Balaban J connectivity index is 1.78. The fourth-order valence-electron chi connectivity index (χ4n) is 4.64. The number of halogens is 3. The first-order valence-electron chi connectivity index (χ1n) is 13.4. The summed E-state index contributed by atoms with van der Waals surface area (Å²) in [6.45, 7) is 1.83. The Hall–Kier alpha value is -4.88. The summed E-state index contributed by atoms with van der Waals surface area (Å²) in [6.07, 6.45) is -4.35. The number of hydrogen-bond donors (Lipinski definition) is 2. The molecular formula is C29H31F3N6O5. The summed E-state index contributed by atoms with van der Waals surface area (Å²) in [5.41, 5.74) is -1.40. The van der Waals surface area contributed by atoms with Gasteiger partial charge in [0.1, 0.15) is 11.4 Å². The first-order chi connectivity index (χ1) is 20.4. The number of carbonyl (C=O) groups is 4. The van der Waals surface area contributed by atoms with Gasteiger partial charge in [-0.05, 0) is 55.3 Å². The van der Waals surface area contributed by atoms with E-state index in [0.29, 0.717) is 24.2 Å². The maximum absolute atomic E-state index is 14.1. The second kappa shape index (κ2) is 12.5. The number of nitrogens with one attached hydrogen (secondary N) is 2. The minimum absolute atomic E-state index is 0.0651. The summed E-state index contributed by atoms with van der Waals surface area (Å²) >= 11 is 0. The lowest BCUT2D eigenvalue weighted by Crippen LogP contribution is -2.39. The van der Waals surface area contributed by atoms with E-state index in [2.05, 4.69) is 15.7 Å². The van der Waals surface area contributed by atoms with Crippen LogP contribution in [-0.2, 0) is 17.4 Å². The number of anilines is 1. The van der Waals surface area contributed by atoms with Gasteiger partial charge >= 0.3 is 6.18 Å². The van der Waals surface area contributed by atoms with Crippen molar-refractivity contribution in [3.63, 3.8) is 0 Å². The highest BCUT2D eigenvalue weighted by atomic mass is 19.4. The SMILES string of the molecule is CCCNC(=O)CNC(=O)c1cc(OC)ccc1-n1nc(C(F)(F)F)c2c1C(=O)N(c1ccc(C(=O)N(C)C)cc1)CC2. The number of nitrogens with zero attached hydrogens (tertiary/aromatic N) is 4. The number of methoxy groups -OCH3 is 1. The van der Waals surface area contributed by atoms with Crippen molar-refractivity contribution < 1.29 is 37.1 Å². The molecule has 1 aliphatic rings. The lowest BCUT2D eigenvalue weighted by molar-refractivity contribution is -0.142. The normalized spacial score (nSPS) is 12.9. The standard InChI is InChI=1S/C29H31F3N6O5/c1-5-13-33-23(39)16-34-26(40)21-15-19(43-4)10-11-22(21)38-24-20(25(35-38)29(30,31)32)12-14-37(28(24)42)18-8-6-17(7-9-18)27(41)36(2)3/h6-11,15H,5,12-14,16H2,1-4H3,(H,33,39)(H,34,40). The van der Waals surface area contributed by atoms with Gasteiger partial charge in [-0.25, -0.2) is 4.68 Å². The Kier molecular flexibility index (Phi) is 9.07. The summed E-state index contributed by atoms with van der Waals surface area (Å²) < 4.78 is 48.5. The Morgan fingerprint density at radius 2 is 1.77 bits per heavy atom. The van der Waals surface area contributed by atoms with Crippen LogP contribution in [0.5, 0.6) is 5.75 Å². The van der Waals surface area contributed by atoms with Crippen LogP contribution in [0, 0.1) is 0 Å². The van der Waals surface area contributed by atoms with E-state index in [-0.39, 0.29) is 53.7 Å². The minimum Gasteiger partial charge on any atom is -0.497 e. The lowest BCUT2D eigenvalue weighted by atomic mass is 10.0. The highest BCUT2D eigenvalue weighted by Crippen LogP contribution is 2.38. The van der Waals surface area contributed by atoms with Crippen LogP contribution in [-0.4, -0.2) is 79.1 Å². The smallest absolute Gasteiger partial charge is 0.435 e. The number of hydrogen-bond acceptors (Lipinski definition) is 6. The third kappa shape index (κ3) is 6.47. The molecule has 0 bridgehead atoms. The molecule has 14 heteroatoms. The second-order valence-electron chi connectivity index (χ2n) is 9.95. The second-order valence-corrected chi connectivity index (χ2v) is 9.95. The average molecular weight is 601 g/mol. The molecule has 4 rings (SSSR count). The van der Waals surface area contributed by atoms with Crippen LogP contribution in [0.15, 0.2) is 42.5 Å². The van der Waals surface area contributed by atoms with Crippen LogP contribution >= 0.6 is 0 Å². The monoisotopic (exact) mass is 600 g/mol. The molecule has 3 aromatic rings. The summed E-state index contributed by atoms with van der Waals surface area (Å²) in [7, 11) is 4.55. The summed E-state index contributed by atoms with van der Waals surface area (Å²) in [5.74, 6) is -2.02. The van der Waals surface area contributed by atoms with Crippen molar-refractivity contribution in [2.24, 2.45) is 0 Å². The highest BCUT2D eigenvalue weighted by molar-refractivity contribution is 6.08. The average Bonchev–Trinajstić information content (AvgIpc) is 3.39. The predicted octanol–water partition coefficient (Wildman–Crippen LogP) is 3.06. The molecule has 2 aromatic carbocycles. The molecule has 2 heterocycles. The van der Waals surface area contributed by atoms with Crippen molar-refractivity contribution in [1.29, 1.82) is 0 Å². The van der Waals surface area contributed by atoms with E-state index in [1.54, 1.807) is 26.2 Å². The van der Waals surface area contributed by atoms with Crippen LogP contribution < -0.4 is 20.3 Å². The molecule has 228 valence electrons. The van der Waals surface area contributed by atoms with E-state index in [4.69, 9.17) is 4.74 Å². The van der Waals surface area contributed by atoms with E-state index in [1.165, 1.54) is 47.2 Å². The number of fused-ring (bicyclic) bond motifs is 1. The Morgan fingerprint density at radius 3 is 2.37 bits per heavy atom. The molecule has 0 spiro atoms. The van der Waals surface area contributed by atoms with Gasteiger partial charge in [-0.15, -0.1) is 0 Å². The van der Waals surface area contributed by atoms with Gasteiger partial charge in [-0.2, -0.15) is 18.3 Å². The molecule has 0 unspecified atom stereocenters. The lowest BCUT2D eigenvalue weighted by Gasteiger charge is -2.28. The minimum atomic E-state index is -4.88. The van der Waals surface area contributed by atoms with Gasteiger partial charge in [0.25, 0.3) is 17.7 Å². The van der Waals surface area contributed by atoms with Crippen LogP contribution in [0.2, 0.25) is 0 Å². The van der Waals surface area contributed by atoms with Gasteiger partial charge in [-0.3, -0.25) is 19.2 Å². The zero-order valence-electron chi connectivity index (χ0n) is 24.0. The number of benzene rings is 2. The zero-order valence-corrected chi connectivity index (χ0v) is 24.0. The van der Waals surface area contributed by atoms with E-state index in [9.17, 15) is 32.3 Å². The van der Waals surface area contributed by atoms with Crippen molar-refractivity contribution in [3.05, 3.63) is 70.5 Å². The Labute approximate surface area is 245 Å². The summed E-state index contributed by atoms with van der Waals surface area (Å²) in [6, 6.07) is 10.2. The van der Waals surface area contributed by atoms with Crippen LogP contribution in [0.25, 0.3) is 5.69 Å². The largest absolute Gasteiger partial charge is 0.497 e. The number of ether oxygens (including phenoxy) is 1. The zero-order chi connectivity index (χ0) is 31.5. The third-order valence-electron chi connectivity index (χ3n) is 6.78. The fourth-order valence-corrected chi connectivity index (χ4v) is 4.64. The predicted molar refractivity (Wildman–Crippen MR) is 151 cm³/mol. The van der Waals surface area contributed by atoms with Gasteiger partial charge < -0.3 is 25.2 Å². The number of carbonyl (C=O) groups excluding carboxylic acids is 4. The van der Waals surface area contributed by atoms with E-state index in [1.807, 2.05) is 6.92 Å². The fraction of sp³-hybridized carbons (Fsp3) is 0.345. The highest BCUT2D eigenvalue weighted by Gasteiger charge is 2.43. The molecule has 43 heavy (non-hydrogen) atoms. The maximum atomic E-state index is 14.1. The molecule has 0 atom stereocenters. The summed E-state index contributed by atoms with van der Waals surface area (Å²) in [5, 5.41) is 8.87. The van der Waals surface area contributed by atoms with E-state index in [0.717, 1.165) is 4.68 Å². The first kappa shape index (κ1) is 31.1. The molecule has 0 radical (unpaired) electrons. The van der Waals surface area contributed by atoms with E-state index >= 15 is 0 Å². The van der Waals surface area contributed by atoms with Crippen molar-refractivity contribution in [2.45, 2.75) is 25.9 Å². The number of rotatable bonds is 9.